The van der Waals surface area contributed by atoms with Gasteiger partial charge in [0.2, 0.25) is 0 Å². The van der Waals surface area contributed by atoms with Gasteiger partial charge < -0.3 is 15.3 Å². The standard InChI is InChI=1S/C13H16Br2N2O3/c1-3-17(7-8(2)12(18)19)13(20)16-11-9(14)5-4-6-10(11)15/h4-6,8H,3,7H2,1-2H3,(H,16,20)(H,18,19). The first kappa shape index (κ1) is 17.0. The van der Waals surface area contributed by atoms with Crippen LogP contribution in [0.3, 0.4) is 0 Å². The first-order valence-electron chi connectivity index (χ1n) is 6.09. The molecule has 1 atom stereocenters. The van der Waals surface area contributed by atoms with Gasteiger partial charge in [-0.3, -0.25) is 4.79 Å². The molecule has 2 N–H and O–H groups in total. The Bertz CT molecular complexity index is 488. The van der Waals surface area contributed by atoms with Crippen LogP contribution in [0.15, 0.2) is 27.1 Å². The number of amides is 2. The SMILES string of the molecule is CCN(CC(C)C(=O)O)C(=O)Nc1c(Br)cccc1Br. The molecule has 1 aromatic rings. The van der Waals surface area contributed by atoms with E-state index in [0.29, 0.717) is 12.2 Å². The highest BCUT2D eigenvalue weighted by atomic mass is 79.9. The molecule has 1 aromatic carbocycles. The van der Waals surface area contributed by atoms with Gasteiger partial charge in [-0.05, 0) is 50.9 Å². The molecular formula is C13H16Br2N2O3. The summed E-state index contributed by atoms with van der Waals surface area (Å²) in [6.45, 7) is 3.99. The summed E-state index contributed by atoms with van der Waals surface area (Å²) in [5, 5.41) is 11.7. The van der Waals surface area contributed by atoms with E-state index in [1.54, 1.807) is 6.92 Å². The van der Waals surface area contributed by atoms with E-state index in [-0.39, 0.29) is 12.6 Å². The Hall–Kier alpha value is -1.08. The zero-order valence-electron chi connectivity index (χ0n) is 11.2. The number of benzene rings is 1. The van der Waals surface area contributed by atoms with Gasteiger partial charge in [-0.15, -0.1) is 0 Å². The molecule has 1 rings (SSSR count). The number of nitrogens with one attached hydrogen (secondary N) is 1. The first-order chi connectivity index (χ1) is 9.36. The molecule has 0 fully saturated rings. The van der Waals surface area contributed by atoms with E-state index in [1.165, 1.54) is 4.90 Å². The second-order valence-corrected chi connectivity index (χ2v) is 6.01. The average Bonchev–Trinajstić information content (AvgIpc) is 2.39. The summed E-state index contributed by atoms with van der Waals surface area (Å²) < 4.78 is 1.50. The van der Waals surface area contributed by atoms with Crippen molar-refractivity contribution in [3.05, 3.63) is 27.1 Å². The van der Waals surface area contributed by atoms with Crippen LogP contribution in [0, 0.1) is 5.92 Å². The van der Waals surface area contributed by atoms with Crippen molar-refractivity contribution in [2.24, 2.45) is 5.92 Å². The Morgan fingerprint density at radius 1 is 1.35 bits per heavy atom. The molecule has 1 unspecified atom stereocenters. The van der Waals surface area contributed by atoms with Crippen molar-refractivity contribution in [1.82, 2.24) is 4.90 Å². The predicted octanol–water partition coefficient (Wildman–Crippen LogP) is 3.79. The van der Waals surface area contributed by atoms with Crippen molar-refractivity contribution in [2.75, 3.05) is 18.4 Å². The van der Waals surface area contributed by atoms with Crippen LogP contribution >= 0.6 is 31.9 Å². The average molecular weight is 408 g/mol. The highest BCUT2D eigenvalue weighted by Gasteiger charge is 2.20. The lowest BCUT2D eigenvalue weighted by molar-refractivity contribution is -0.141. The van der Waals surface area contributed by atoms with E-state index < -0.39 is 11.9 Å². The molecule has 7 heteroatoms. The van der Waals surface area contributed by atoms with Gasteiger partial charge >= 0.3 is 12.0 Å². The number of nitrogens with zero attached hydrogens (tertiary/aromatic N) is 1. The zero-order valence-corrected chi connectivity index (χ0v) is 14.4. The number of carboxylic acid groups (broad SMARTS) is 1. The number of urea groups is 1. The van der Waals surface area contributed by atoms with E-state index in [9.17, 15) is 9.59 Å². The minimum Gasteiger partial charge on any atom is -0.481 e. The highest BCUT2D eigenvalue weighted by molar-refractivity contribution is 9.11. The van der Waals surface area contributed by atoms with Crippen LogP contribution in [0.5, 0.6) is 0 Å². The molecule has 0 aromatic heterocycles. The molecule has 5 nitrogen and oxygen atoms in total. The molecule has 0 heterocycles. The smallest absolute Gasteiger partial charge is 0.321 e. The van der Waals surface area contributed by atoms with Gasteiger partial charge in [0, 0.05) is 22.0 Å². The third kappa shape index (κ3) is 4.49. The maximum absolute atomic E-state index is 12.2. The van der Waals surface area contributed by atoms with Crippen LogP contribution in [-0.4, -0.2) is 35.1 Å². The molecule has 0 aliphatic heterocycles. The summed E-state index contributed by atoms with van der Waals surface area (Å²) >= 11 is 6.73. The molecule has 0 saturated heterocycles. The molecular weight excluding hydrogens is 392 g/mol. The van der Waals surface area contributed by atoms with E-state index in [2.05, 4.69) is 37.2 Å². The Morgan fingerprint density at radius 3 is 2.35 bits per heavy atom. The molecule has 0 aliphatic rings. The number of para-hydroxylation sites is 1. The van der Waals surface area contributed by atoms with Gasteiger partial charge in [0.15, 0.2) is 0 Å². The van der Waals surface area contributed by atoms with Gasteiger partial charge in [-0.1, -0.05) is 13.0 Å². The maximum atomic E-state index is 12.2. The summed E-state index contributed by atoms with van der Waals surface area (Å²) in [6, 6.07) is 5.15. The van der Waals surface area contributed by atoms with Crippen molar-refractivity contribution in [2.45, 2.75) is 13.8 Å². The van der Waals surface area contributed by atoms with Crippen LogP contribution in [0.4, 0.5) is 10.5 Å². The van der Waals surface area contributed by atoms with Crippen LogP contribution in [0.1, 0.15) is 13.8 Å². The number of aliphatic carboxylic acids is 1. The lowest BCUT2D eigenvalue weighted by Crippen LogP contribution is -2.39. The quantitative estimate of drug-likeness (QED) is 0.780. The Kier molecular flexibility index (Phi) is 6.48. The summed E-state index contributed by atoms with van der Waals surface area (Å²) in [4.78, 5) is 24.5. The molecule has 2 amide bonds. The predicted molar refractivity (Wildman–Crippen MR) is 84.9 cm³/mol. The molecule has 0 saturated carbocycles. The molecule has 20 heavy (non-hydrogen) atoms. The lowest BCUT2D eigenvalue weighted by atomic mass is 10.2. The monoisotopic (exact) mass is 406 g/mol. The minimum absolute atomic E-state index is 0.166. The number of rotatable bonds is 5. The van der Waals surface area contributed by atoms with Crippen molar-refractivity contribution >= 4 is 49.5 Å². The first-order valence-corrected chi connectivity index (χ1v) is 7.68. The van der Waals surface area contributed by atoms with Crippen LogP contribution in [-0.2, 0) is 4.79 Å². The molecule has 0 radical (unpaired) electrons. The number of halogens is 2. The third-order valence-electron chi connectivity index (χ3n) is 2.78. The zero-order chi connectivity index (χ0) is 15.3. The Labute approximate surface area is 134 Å². The van der Waals surface area contributed by atoms with E-state index in [0.717, 1.165) is 8.95 Å². The van der Waals surface area contributed by atoms with Crippen molar-refractivity contribution < 1.29 is 14.7 Å². The van der Waals surface area contributed by atoms with Crippen LogP contribution in [0.25, 0.3) is 0 Å². The highest BCUT2D eigenvalue weighted by Crippen LogP contribution is 2.30. The number of carbonyl (C=O) groups is 2. The van der Waals surface area contributed by atoms with E-state index >= 15 is 0 Å². The largest absolute Gasteiger partial charge is 0.481 e. The van der Waals surface area contributed by atoms with Crippen molar-refractivity contribution in [1.29, 1.82) is 0 Å². The van der Waals surface area contributed by atoms with Crippen molar-refractivity contribution in [3.8, 4) is 0 Å². The lowest BCUT2D eigenvalue weighted by Gasteiger charge is -2.23. The fourth-order valence-corrected chi connectivity index (χ4v) is 2.76. The van der Waals surface area contributed by atoms with Gasteiger partial charge in [-0.25, -0.2) is 4.79 Å². The number of carboxylic acids is 1. The van der Waals surface area contributed by atoms with Crippen LogP contribution in [0.2, 0.25) is 0 Å². The fraction of sp³-hybridized carbons (Fsp3) is 0.385. The topological polar surface area (TPSA) is 69.6 Å². The summed E-state index contributed by atoms with van der Waals surface area (Å²) in [5.41, 5.74) is 0.624. The molecule has 0 spiro atoms. The summed E-state index contributed by atoms with van der Waals surface area (Å²) in [5.74, 6) is -1.53. The van der Waals surface area contributed by atoms with E-state index in [4.69, 9.17) is 5.11 Å². The number of anilines is 1. The van der Waals surface area contributed by atoms with Crippen LogP contribution < -0.4 is 5.32 Å². The van der Waals surface area contributed by atoms with Gasteiger partial charge in [0.05, 0.1) is 11.6 Å². The summed E-state index contributed by atoms with van der Waals surface area (Å²) in [7, 11) is 0. The normalized spacial score (nSPS) is 11.8. The Morgan fingerprint density at radius 2 is 1.90 bits per heavy atom. The van der Waals surface area contributed by atoms with Crippen molar-refractivity contribution in [3.63, 3.8) is 0 Å². The Balaban J connectivity index is 2.80. The maximum Gasteiger partial charge on any atom is 0.321 e. The second kappa shape index (κ2) is 7.64. The summed E-state index contributed by atoms with van der Waals surface area (Å²) in [6.07, 6.45) is 0. The number of hydrogen-bond acceptors (Lipinski definition) is 2. The molecule has 0 aliphatic carbocycles. The second-order valence-electron chi connectivity index (χ2n) is 4.30. The molecule has 0 bridgehead atoms. The third-order valence-corrected chi connectivity index (χ3v) is 4.10. The van der Waals surface area contributed by atoms with E-state index in [1.807, 2.05) is 25.1 Å². The van der Waals surface area contributed by atoms with Gasteiger partial charge in [0.25, 0.3) is 0 Å². The number of carbonyl (C=O) groups excluding carboxylic acids is 1. The van der Waals surface area contributed by atoms with Gasteiger partial charge in [-0.2, -0.15) is 0 Å². The minimum atomic E-state index is -0.918. The molecule has 110 valence electrons. The fourth-order valence-electron chi connectivity index (χ4n) is 1.57. The van der Waals surface area contributed by atoms with Gasteiger partial charge in [0.1, 0.15) is 0 Å². The number of hydrogen-bond donors (Lipinski definition) is 2.